The topological polar surface area (TPSA) is 56.2 Å². The standard InChI is InChI=1S/C19H22F2N2O3/c20-17(21)26-15-6-5-13(11-16(15)25-14-3-1-2-4-14)19(7-8-19)12-23-10-9-22-18(23)24/h5-6,9-11,14,17H,1-4,7-8,12H2,(H,22,24). The number of nitrogens with zero attached hydrogens (tertiary/aromatic N) is 1. The lowest BCUT2D eigenvalue weighted by Gasteiger charge is -2.21. The van der Waals surface area contributed by atoms with E-state index in [0.717, 1.165) is 44.1 Å². The second kappa shape index (κ2) is 6.78. The van der Waals surface area contributed by atoms with Crippen LogP contribution in [0, 0.1) is 0 Å². The van der Waals surface area contributed by atoms with E-state index in [9.17, 15) is 13.6 Å². The largest absolute Gasteiger partial charge is 0.487 e. The Morgan fingerprint density at radius 3 is 2.62 bits per heavy atom. The monoisotopic (exact) mass is 364 g/mol. The number of alkyl halides is 2. The Hall–Kier alpha value is -2.31. The zero-order valence-corrected chi connectivity index (χ0v) is 14.4. The van der Waals surface area contributed by atoms with Crippen molar-refractivity contribution in [2.24, 2.45) is 0 Å². The molecule has 1 N–H and O–H groups in total. The van der Waals surface area contributed by atoms with E-state index in [2.05, 4.69) is 9.72 Å². The van der Waals surface area contributed by atoms with Crippen LogP contribution < -0.4 is 15.2 Å². The summed E-state index contributed by atoms with van der Waals surface area (Å²) in [5.41, 5.74) is 0.708. The highest BCUT2D eigenvalue weighted by Gasteiger charge is 2.45. The van der Waals surface area contributed by atoms with E-state index in [4.69, 9.17) is 4.74 Å². The van der Waals surface area contributed by atoms with Crippen LogP contribution in [0.1, 0.15) is 44.1 Å². The smallest absolute Gasteiger partial charge is 0.387 e. The molecular formula is C19H22F2N2O3. The molecule has 2 aliphatic carbocycles. The summed E-state index contributed by atoms with van der Waals surface area (Å²) in [4.78, 5) is 14.4. The SMILES string of the molecule is O=c1[nH]ccn1CC1(c2ccc(OC(F)F)c(OC3CCCC3)c2)CC1. The van der Waals surface area contributed by atoms with E-state index in [1.807, 2.05) is 12.1 Å². The molecule has 2 aromatic rings. The van der Waals surface area contributed by atoms with Crippen LogP contribution in [0.25, 0.3) is 0 Å². The summed E-state index contributed by atoms with van der Waals surface area (Å²) >= 11 is 0. The Balaban J connectivity index is 1.61. The first-order valence-corrected chi connectivity index (χ1v) is 9.06. The van der Waals surface area contributed by atoms with Gasteiger partial charge in [0.15, 0.2) is 11.5 Å². The quantitative estimate of drug-likeness (QED) is 0.812. The fraction of sp³-hybridized carbons (Fsp3) is 0.526. The summed E-state index contributed by atoms with van der Waals surface area (Å²) in [7, 11) is 0. The maximum atomic E-state index is 12.7. The van der Waals surface area contributed by atoms with Crippen molar-refractivity contribution < 1.29 is 18.3 Å². The molecule has 0 bridgehead atoms. The van der Waals surface area contributed by atoms with Crippen LogP contribution in [0.5, 0.6) is 11.5 Å². The molecule has 0 saturated heterocycles. The van der Waals surface area contributed by atoms with Crippen molar-refractivity contribution in [3.8, 4) is 11.5 Å². The second-order valence-electron chi connectivity index (χ2n) is 7.24. The molecule has 5 nitrogen and oxygen atoms in total. The van der Waals surface area contributed by atoms with Crippen molar-refractivity contribution in [3.05, 3.63) is 46.6 Å². The van der Waals surface area contributed by atoms with Crippen molar-refractivity contribution in [1.29, 1.82) is 0 Å². The van der Waals surface area contributed by atoms with Gasteiger partial charge in [-0.15, -0.1) is 0 Å². The van der Waals surface area contributed by atoms with Crippen LogP contribution in [0.2, 0.25) is 0 Å². The number of rotatable bonds is 7. The van der Waals surface area contributed by atoms with Gasteiger partial charge in [0.25, 0.3) is 0 Å². The minimum Gasteiger partial charge on any atom is -0.487 e. The molecule has 1 aromatic carbocycles. The van der Waals surface area contributed by atoms with Gasteiger partial charge in [0.05, 0.1) is 6.10 Å². The lowest BCUT2D eigenvalue weighted by Crippen LogP contribution is -2.24. The van der Waals surface area contributed by atoms with Gasteiger partial charge >= 0.3 is 12.3 Å². The van der Waals surface area contributed by atoms with Crippen molar-refractivity contribution in [2.75, 3.05) is 0 Å². The van der Waals surface area contributed by atoms with Crippen LogP contribution in [0.3, 0.4) is 0 Å². The molecule has 0 unspecified atom stereocenters. The fourth-order valence-electron chi connectivity index (χ4n) is 3.80. The number of hydrogen-bond donors (Lipinski definition) is 1. The Labute approximate surface area is 149 Å². The van der Waals surface area contributed by atoms with Crippen LogP contribution in [0.15, 0.2) is 35.4 Å². The lowest BCUT2D eigenvalue weighted by atomic mass is 9.95. The van der Waals surface area contributed by atoms with Crippen LogP contribution in [-0.4, -0.2) is 22.3 Å². The van der Waals surface area contributed by atoms with Gasteiger partial charge in [-0.2, -0.15) is 8.78 Å². The van der Waals surface area contributed by atoms with Crippen LogP contribution in [0.4, 0.5) is 8.78 Å². The van der Waals surface area contributed by atoms with Gasteiger partial charge in [-0.05, 0) is 56.2 Å². The molecule has 2 saturated carbocycles. The lowest BCUT2D eigenvalue weighted by molar-refractivity contribution is -0.0520. The molecule has 1 aromatic heterocycles. The molecule has 140 valence electrons. The van der Waals surface area contributed by atoms with Gasteiger partial charge in [0.1, 0.15) is 0 Å². The summed E-state index contributed by atoms with van der Waals surface area (Å²) in [5, 5.41) is 0. The molecule has 0 aliphatic heterocycles. The molecule has 0 amide bonds. The minimum atomic E-state index is -2.89. The molecule has 7 heteroatoms. The average Bonchev–Trinajstić information content (AvgIpc) is 2.99. The highest BCUT2D eigenvalue weighted by molar-refractivity contribution is 5.47. The van der Waals surface area contributed by atoms with Crippen LogP contribution in [-0.2, 0) is 12.0 Å². The number of imidazole rings is 1. The van der Waals surface area contributed by atoms with Gasteiger partial charge < -0.3 is 14.5 Å². The number of hydrogen-bond acceptors (Lipinski definition) is 3. The molecule has 1 heterocycles. The second-order valence-corrected chi connectivity index (χ2v) is 7.24. The number of aromatic nitrogens is 2. The summed E-state index contributed by atoms with van der Waals surface area (Å²) < 4.78 is 37.8. The van der Waals surface area contributed by atoms with E-state index in [1.54, 1.807) is 23.0 Å². The van der Waals surface area contributed by atoms with Gasteiger partial charge in [0.2, 0.25) is 0 Å². The summed E-state index contributed by atoms with van der Waals surface area (Å²) in [6, 6.07) is 5.19. The molecule has 0 atom stereocenters. The van der Waals surface area contributed by atoms with E-state index < -0.39 is 6.61 Å². The van der Waals surface area contributed by atoms with E-state index in [1.165, 1.54) is 0 Å². The van der Waals surface area contributed by atoms with Crippen molar-refractivity contribution in [3.63, 3.8) is 0 Å². The number of ether oxygens (including phenoxy) is 2. The third kappa shape index (κ3) is 3.48. The van der Waals surface area contributed by atoms with Gasteiger partial charge in [-0.1, -0.05) is 6.07 Å². The molecule has 4 rings (SSSR count). The van der Waals surface area contributed by atoms with E-state index >= 15 is 0 Å². The van der Waals surface area contributed by atoms with Crippen LogP contribution >= 0.6 is 0 Å². The third-order valence-electron chi connectivity index (χ3n) is 5.42. The van der Waals surface area contributed by atoms with Crippen molar-refractivity contribution in [1.82, 2.24) is 9.55 Å². The fourth-order valence-corrected chi connectivity index (χ4v) is 3.80. The van der Waals surface area contributed by atoms with Crippen molar-refractivity contribution in [2.45, 2.75) is 63.2 Å². The maximum absolute atomic E-state index is 12.7. The summed E-state index contributed by atoms with van der Waals surface area (Å²) in [6.45, 7) is -2.33. The van der Waals surface area contributed by atoms with E-state index in [0.29, 0.717) is 12.3 Å². The highest BCUT2D eigenvalue weighted by atomic mass is 19.3. The zero-order valence-electron chi connectivity index (χ0n) is 14.4. The first kappa shape index (κ1) is 17.1. The van der Waals surface area contributed by atoms with Gasteiger partial charge in [-0.25, -0.2) is 4.79 Å². The summed E-state index contributed by atoms with van der Waals surface area (Å²) in [6.07, 6.45) is 9.34. The Morgan fingerprint density at radius 2 is 2.00 bits per heavy atom. The molecule has 2 aliphatic rings. The van der Waals surface area contributed by atoms with E-state index in [-0.39, 0.29) is 23.0 Å². The highest BCUT2D eigenvalue weighted by Crippen LogP contribution is 2.51. The Kier molecular flexibility index (Phi) is 4.46. The maximum Gasteiger partial charge on any atom is 0.387 e. The molecule has 0 spiro atoms. The summed E-state index contributed by atoms with van der Waals surface area (Å²) in [5.74, 6) is 0.452. The Bertz CT molecular complexity index is 820. The predicted octanol–water partition coefficient (Wildman–Crippen LogP) is 3.83. The average molecular weight is 364 g/mol. The minimum absolute atomic E-state index is 0.0488. The first-order valence-electron chi connectivity index (χ1n) is 9.06. The van der Waals surface area contributed by atoms with Gasteiger partial charge in [0, 0.05) is 24.4 Å². The van der Waals surface area contributed by atoms with Crippen molar-refractivity contribution >= 4 is 0 Å². The Morgan fingerprint density at radius 1 is 1.23 bits per heavy atom. The predicted molar refractivity (Wildman–Crippen MR) is 91.9 cm³/mol. The number of H-pyrrole nitrogens is 1. The third-order valence-corrected chi connectivity index (χ3v) is 5.42. The first-order chi connectivity index (χ1) is 12.6. The van der Waals surface area contributed by atoms with Gasteiger partial charge in [-0.3, -0.25) is 4.57 Å². The molecule has 26 heavy (non-hydrogen) atoms. The number of nitrogens with one attached hydrogen (secondary N) is 1. The normalized spacial score (nSPS) is 19.0. The number of aromatic amines is 1. The molecular weight excluding hydrogens is 342 g/mol. The zero-order chi connectivity index (χ0) is 18.1. The number of halogens is 2. The molecule has 0 radical (unpaired) electrons. The number of benzene rings is 1. The molecule has 2 fully saturated rings.